The first-order valence-electron chi connectivity index (χ1n) is 5.76. The standard InChI is InChI=1S/C12H11BrFN3O3/c1-6-8(4-7(14)5-9(6)13)11(18)15-3-2-10-16-12(19)20-17-10/h4-5H,2-3H2,1H3,(H,15,18)(H,16,17,19). The zero-order valence-electron chi connectivity index (χ0n) is 10.5. The third-order valence-corrected chi connectivity index (χ3v) is 3.51. The van der Waals surface area contributed by atoms with Gasteiger partial charge < -0.3 is 5.32 Å². The summed E-state index contributed by atoms with van der Waals surface area (Å²) in [4.78, 5) is 25.0. The average molecular weight is 344 g/mol. The molecule has 0 aliphatic rings. The Hall–Kier alpha value is -1.96. The maximum absolute atomic E-state index is 13.3. The Bertz CT molecular complexity index is 695. The first-order valence-corrected chi connectivity index (χ1v) is 6.55. The Balaban J connectivity index is 2.00. The predicted octanol–water partition coefficient (Wildman–Crippen LogP) is 1.55. The van der Waals surface area contributed by atoms with E-state index in [1.165, 1.54) is 12.1 Å². The summed E-state index contributed by atoms with van der Waals surface area (Å²) in [6.45, 7) is 1.96. The molecule has 1 heterocycles. The van der Waals surface area contributed by atoms with Crippen molar-refractivity contribution in [1.82, 2.24) is 15.5 Å². The molecule has 2 aromatic rings. The number of nitrogens with zero attached hydrogens (tertiary/aromatic N) is 1. The highest BCUT2D eigenvalue weighted by molar-refractivity contribution is 9.10. The van der Waals surface area contributed by atoms with Gasteiger partial charge >= 0.3 is 5.76 Å². The average Bonchev–Trinajstić information content (AvgIpc) is 2.79. The smallest absolute Gasteiger partial charge is 0.352 e. The summed E-state index contributed by atoms with van der Waals surface area (Å²) in [5.74, 6) is -1.19. The molecule has 2 rings (SSSR count). The summed E-state index contributed by atoms with van der Waals surface area (Å²) in [6, 6.07) is 2.47. The number of carbonyl (C=O) groups excluding carboxylic acids is 1. The van der Waals surface area contributed by atoms with Gasteiger partial charge in [0.2, 0.25) is 0 Å². The molecule has 0 saturated heterocycles. The Morgan fingerprint density at radius 3 is 2.95 bits per heavy atom. The van der Waals surface area contributed by atoms with Crippen molar-refractivity contribution in [3.63, 3.8) is 0 Å². The molecule has 1 amide bonds. The van der Waals surface area contributed by atoms with Gasteiger partial charge in [0.1, 0.15) is 5.82 Å². The van der Waals surface area contributed by atoms with Crippen LogP contribution in [0.25, 0.3) is 0 Å². The van der Waals surface area contributed by atoms with Crippen molar-refractivity contribution in [3.05, 3.63) is 49.9 Å². The highest BCUT2D eigenvalue weighted by Crippen LogP contribution is 2.21. The number of halogens is 2. The molecule has 106 valence electrons. The predicted molar refractivity (Wildman–Crippen MR) is 72.0 cm³/mol. The van der Waals surface area contributed by atoms with Crippen LogP contribution in [0, 0.1) is 12.7 Å². The second-order valence-electron chi connectivity index (χ2n) is 4.11. The number of hydrogen-bond donors (Lipinski definition) is 2. The maximum Gasteiger partial charge on any atom is 0.438 e. The van der Waals surface area contributed by atoms with E-state index in [1.54, 1.807) is 6.92 Å². The van der Waals surface area contributed by atoms with Crippen LogP contribution in [0.2, 0.25) is 0 Å². The molecule has 0 fully saturated rings. The summed E-state index contributed by atoms with van der Waals surface area (Å²) >= 11 is 3.19. The molecule has 0 bridgehead atoms. The van der Waals surface area contributed by atoms with E-state index in [1.807, 2.05) is 0 Å². The lowest BCUT2D eigenvalue weighted by Crippen LogP contribution is -2.27. The topological polar surface area (TPSA) is 88.0 Å². The number of amides is 1. The first kappa shape index (κ1) is 14.4. The van der Waals surface area contributed by atoms with E-state index in [4.69, 9.17) is 0 Å². The van der Waals surface area contributed by atoms with Gasteiger partial charge in [-0.2, -0.15) is 0 Å². The molecule has 0 unspecified atom stereocenters. The third kappa shape index (κ3) is 3.32. The summed E-state index contributed by atoms with van der Waals surface area (Å²) in [6.07, 6.45) is 0.313. The van der Waals surface area contributed by atoms with Gasteiger partial charge in [0, 0.05) is 23.0 Å². The van der Waals surface area contributed by atoms with Gasteiger partial charge in [-0.25, -0.2) is 9.18 Å². The van der Waals surface area contributed by atoms with Gasteiger partial charge in [0.15, 0.2) is 5.82 Å². The Morgan fingerprint density at radius 2 is 2.30 bits per heavy atom. The number of aromatic amines is 1. The van der Waals surface area contributed by atoms with E-state index in [0.29, 0.717) is 22.3 Å². The van der Waals surface area contributed by atoms with Gasteiger partial charge in [-0.1, -0.05) is 21.1 Å². The number of H-pyrrole nitrogens is 1. The van der Waals surface area contributed by atoms with Crippen molar-refractivity contribution in [2.24, 2.45) is 0 Å². The fourth-order valence-electron chi connectivity index (χ4n) is 1.64. The molecule has 8 heteroatoms. The molecule has 0 radical (unpaired) electrons. The van der Waals surface area contributed by atoms with Crippen LogP contribution in [0.5, 0.6) is 0 Å². The van der Waals surface area contributed by atoms with Crippen LogP contribution in [0.15, 0.2) is 25.9 Å². The van der Waals surface area contributed by atoms with Crippen LogP contribution in [-0.4, -0.2) is 22.6 Å². The summed E-state index contributed by atoms with van der Waals surface area (Å²) in [7, 11) is 0. The van der Waals surface area contributed by atoms with Crippen LogP contribution in [0.1, 0.15) is 21.7 Å². The minimum Gasteiger partial charge on any atom is -0.352 e. The molecule has 0 atom stereocenters. The summed E-state index contributed by atoms with van der Waals surface area (Å²) < 4.78 is 18.1. The second kappa shape index (κ2) is 6.00. The molecule has 20 heavy (non-hydrogen) atoms. The number of benzene rings is 1. The first-order chi connectivity index (χ1) is 9.47. The molecule has 1 aromatic heterocycles. The third-order valence-electron chi connectivity index (χ3n) is 2.69. The second-order valence-corrected chi connectivity index (χ2v) is 4.96. The molecule has 0 aliphatic heterocycles. The highest BCUT2D eigenvalue weighted by atomic mass is 79.9. The lowest BCUT2D eigenvalue weighted by molar-refractivity contribution is 0.0952. The molecule has 0 spiro atoms. The van der Waals surface area contributed by atoms with E-state index in [0.717, 1.165) is 0 Å². The van der Waals surface area contributed by atoms with Gasteiger partial charge in [0.05, 0.1) is 0 Å². The summed E-state index contributed by atoms with van der Waals surface area (Å²) in [5, 5.41) is 6.09. The molecule has 0 saturated carbocycles. The molecule has 6 nitrogen and oxygen atoms in total. The lowest BCUT2D eigenvalue weighted by Gasteiger charge is -2.08. The molecule has 2 N–H and O–H groups in total. The Labute approximate surface area is 121 Å². The Kier molecular flexibility index (Phi) is 4.33. The number of rotatable bonds is 4. The minimum absolute atomic E-state index is 0.245. The van der Waals surface area contributed by atoms with Crippen molar-refractivity contribution in [3.8, 4) is 0 Å². The number of nitrogens with one attached hydrogen (secondary N) is 2. The van der Waals surface area contributed by atoms with Crippen molar-refractivity contribution in [2.45, 2.75) is 13.3 Å². The molecular weight excluding hydrogens is 333 g/mol. The van der Waals surface area contributed by atoms with Gasteiger partial charge in [0.25, 0.3) is 5.91 Å². The number of carbonyl (C=O) groups is 1. The number of aromatic nitrogens is 2. The zero-order chi connectivity index (χ0) is 14.7. The quantitative estimate of drug-likeness (QED) is 0.881. The molecular formula is C12H11BrFN3O3. The van der Waals surface area contributed by atoms with Gasteiger partial charge in [-0.3, -0.25) is 14.3 Å². The normalized spacial score (nSPS) is 10.6. The largest absolute Gasteiger partial charge is 0.438 e. The molecule has 1 aromatic carbocycles. The number of hydrogen-bond acceptors (Lipinski definition) is 4. The van der Waals surface area contributed by atoms with Crippen LogP contribution in [-0.2, 0) is 6.42 Å². The van der Waals surface area contributed by atoms with Crippen molar-refractivity contribution in [1.29, 1.82) is 0 Å². The maximum atomic E-state index is 13.3. The van der Waals surface area contributed by atoms with Crippen molar-refractivity contribution < 1.29 is 13.7 Å². The minimum atomic E-state index is -0.642. The van der Waals surface area contributed by atoms with Crippen LogP contribution in [0.4, 0.5) is 4.39 Å². The fraction of sp³-hybridized carbons (Fsp3) is 0.250. The van der Waals surface area contributed by atoms with E-state index >= 15 is 0 Å². The van der Waals surface area contributed by atoms with E-state index in [9.17, 15) is 14.0 Å². The lowest BCUT2D eigenvalue weighted by atomic mass is 10.1. The van der Waals surface area contributed by atoms with Crippen LogP contribution in [0.3, 0.4) is 0 Å². The van der Waals surface area contributed by atoms with Crippen LogP contribution >= 0.6 is 15.9 Å². The SMILES string of the molecule is Cc1c(Br)cc(F)cc1C(=O)NCCc1noc(=O)[nH]1. The fourth-order valence-corrected chi connectivity index (χ4v) is 2.07. The van der Waals surface area contributed by atoms with E-state index in [-0.39, 0.29) is 12.1 Å². The Morgan fingerprint density at radius 1 is 1.55 bits per heavy atom. The van der Waals surface area contributed by atoms with Gasteiger partial charge in [-0.05, 0) is 24.6 Å². The monoisotopic (exact) mass is 343 g/mol. The van der Waals surface area contributed by atoms with Gasteiger partial charge in [-0.15, -0.1) is 0 Å². The molecule has 0 aliphatic carbocycles. The van der Waals surface area contributed by atoms with Crippen molar-refractivity contribution >= 4 is 21.8 Å². The summed E-state index contributed by atoms with van der Waals surface area (Å²) in [5.41, 5.74) is 0.907. The van der Waals surface area contributed by atoms with E-state index in [2.05, 4.69) is 35.9 Å². The zero-order valence-corrected chi connectivity index (χ0v) is 12.1. The van der Waals surface area contributed by atoms with Crippen molar-refractivity contribution in [2.75, 3.05) is 6.54 Å². The van der Waals surface area contributed by atoms with Crippen LogP contribution < -0.4 is 11.1 Å². The van der Waals surface area contributed by atoms with E-state index < -0.39 is 17.5 Å². The highest BCUT2D eigenvalue weighted by Gasteiger charge is 2.13.